The van der Waals surface area contributed by atoms with E-state index >= 15 is 0 Å². The fraction of sp³-hybridized carbons (Fsp3) is 0.333. The summed E-state index contributed by atoms with van der Waals surface area (Å²) in [5.41, 5.74) is 2.95. The molecular formula is C24H27N3O9. The standard InChI is InChI=1S/C24H27N3O9/c1-32-15-8-9-16(19(11-15)35-4)25-20(28)13-36-24(31)14-10-21(29)27(12-14)26-23(30)22-17(33-2)6-5-7-18(22)34-3/h5-9,11,14H,10,12-13H2,1-4H3,(H,25,28)(H,26,30)/t14-/m0/s1. The van der Waals surface area contributed by atoms with Gasteiger partial charge in [-0.25, -0.2) is 0 Å². The molecule has 192 valence electrons. The van der Waals surface area contributed by atoms with E-state index in [1.54, 1.807) is 36.4 Å². The third-order valence-electron chi connectivity index (χ3n) is 5.38. The van der Waals surface area contributed by atoms with Gasteiger partial charge in [0, 0.05) is 12.5 Å². The zero-order valence-electron chi connectivity index (χ0n) is 20.3. The Balaban J connectivity index is 1.55. The minimum absolute atomic E-state index is 0.104. The smallest absolute Gasteiger partial charge is 0.311 e. The zero-order chi connectivity index (χ0) is 26.2. The number of rotatable bonds is 10. The third-order valence-corrected chi connectivity index (χ3v) is 5.38. The Labute approximate surface area is 207 Å². The van der Waals surface area contributed by atoms with E-state index in [1.165, 1.54) is 28.4 Å². The zero-order valence-corrected chi connectivity index (χ0v) is 20.3. The molecule has 1 atom stereocenters. The van der Waals surface area contributed by atoms with Gasteiger partial charge in [-0.15, -0.1) is 0 Å². The molecule has 2 N–H and O–H groups in total. The quantitative estimate of drug-likeness (QED) is 0.462. The molecule has 0 radical (unpaired) electrons. The van der Waals surface area contributed by atoms with Crippen molar-refractivity contribution in [1.82, 2.24) is 10.4 Å². The molecule has 0 unspecified atom stereocenters. The topological polar surface area (TPSA) is 142 Å². The summed E-state index contributed by atoms with van der Waals surface area (Å²) in [7, 11) is 5.75. The molecule has 1 fully saturated rings. The summed E-state index contributed by atoms with van der Waals surface area (Å²) in [4.78, 5) is 50.0. The Morgan fingerprint density at radius 3 is 2.22 bits per heavy atom. The monoisotopic (exact) mass is 501 g/mol. The number of ether oxygens (including phenoxy) is 5. The second-order valence-corrected chi connectivity index (χ2v) is 7.61. The van der Waals surface area contributed by atoms with Gasteiger partial charge < -0.3 is 29.0 Å². The van der Waals surface area contributed by atoms with E-state index in [0.29, 0.717) is 17.2 Å². The number of carbonyl (C=O) groups is 4. The van der Waals surface area contributed by atoms with Gasteiger partial charge in [-0.2, -0.15) is 0 Å². The lowest BCUT2D eigenvalue weighted by atomic mass is 10.1. The maximum Gasteiger partial charge on any atom is 0.311 e. The number of benzene rings is 2. The molecule has 36 heavy (non-hydrogen) atoms. The van der Waals surface area contributed by atoms with Crippen LogP contribution in [0.4, 0.5) is 5.69 Å². The molecule has 0 bridgehead atoms. The van der Waals surface area contributed by atoms with Crippen LogP contribution in [-0.2, 0) is 19.1 Å². The van der Waals surface area contributed by atoms with Crippen LogP contribution in [0.15, 0.2) is 36.4 Å². The second kappa shape index (κ2) is 11.8. The molecule has 0 aromatic heterocycles. The van der Waals surface area contributed by atoms with E-state index in [2.05, 4.69) is 10.7 Å². The fourth-order valence-corrected chi connectivity index (χ4v) is 3.57. The van der Waals surface area contributed by atoms with Gasteiger partial charge in [0.1, 0.15) is 28.6 Å². The molecule has 1 heterocycles. The van der Waals surface area contributed by atoms with Gasteiger partial charge in [0.2, 0.25) is 5.91 Å². The first-order valence-electron chi connectivity index (χ1n) is 10.8. The Morgan fingerprint density at radius 2 is 1.61 bits per heavy atom. The summed E-state index contributed by atoms with van der Waals surface area (Å²) in [5.74, 6) is -1.89. The summed E-state index contributed by atoms with van der Waals surface area (Å²) < 4.78 is 25.8. The van der Waals surface area contributed by atoms with Crippen molar-refractivity contribution in [3.63, 3.8) is 0 Å². The SMILES string of the molecule is COc1ccc(NC(=O)COC(=O)[C@H]2CC(=O)N(NC(=O)c3c(OC)cccc3OC)C2)c(OC)c1. The number of esters is 1. The molecule has 2 aromatic rings. The highest BCUT2D eigenvalue weighted by Crippen LogP contribution is 2.30. The minimum atomic E-state index is -0.860. The van der Waals surface area contributed by atoms with Gasteiger partial charge in [0.25, 0.3) is 11.8 Å². The van der Waals surface area contributed by atoms with E-state index in [0.717, 1.165) is 5.01 Å². The number of hydrogen-bond donors (Lipinski definition) is 2. The molecule has 3 amide bonds. The number of hydrazine groups is 1. The first-order chi connectivity index (χ1) is 17.3. The third kappa shape index (κ3) is 5.95. The highest BCUT2D eigenvalue weighted by molar-refractivity contribution is 6.01. The normalized spacial score (nSPS) is 14.6. The minimum Gasteiger partial charge on any atom is -0.497 e. The maximum atomic E-state index is 12.8. The number of carbonyl (C=O) groups excluding carboxylic acids is 4. The molecule has 1 aliphatic rings. The number of methoxy groups -OCH3 is 4. The Kier molecular flexibility index (Phi) is 8.55. The van der Waals surface area contributed by atoms with Crippen molar-refractivity contribution in [3.8, 4) is 23.0 Å². The lowest BCUT2D eigenvalue weighted by Crippen LogP contribution is -2.43. The maximum absolute atomic E-state index is 12.8. The first-order valence-corrected chi connectivity index (χ1v) is 10.8. The van der Waals surface area contributed by atoms with E-state index in [1.807, 2.05) is 0 Å². The van der Waals surface area contributed by atoms with Gasteiger partial charge in [0.15, 0.2) is 6.61 Å². The van der Waals surface area contributed by atoms with E-state index in [-0.39, 0.29) is 30.0 Å². The van der Waals surface area contributed by atoms with E-state index in [9.17, 15) is 19.2 Å². The van der Waals surface area contributed by atoms with Crippen molar-refractivity contribution >= 4 is 29.4 Å². The first kappa shape index (κ1) is 26.1. The molecule has 12 nitrogen and oxygen atoms in total. The van der Waals surface area contributed by atoms with Crippen LogP contribution in [0.2, 0.25) is 0 Å². The van der Waals surface area contributed by atoms with Crippen LogP contribution < -0.4 is 29.7 Å². The van der Waals surface area contributed by atoms with Crippen LogP contribution in [0.5, 0.6) is 23.0 Å². The van der Waals surface area contributed by atoms with Crippen molar-refractivity contribution in [3.05, 3.63) is 42.0 Å². The van der Waals surface area contributed by atoms with Crippen molar-refractivity contribution < 1.29 is 42.9 Å². The van der Waals surface area contributed by atoms with E-state index in [4.69, 9.17) is 23.7 Å². The van der Waals surface area contributed by atoms with Gasteiger partial charge >= 0.3 is 5.97 Å². The molecule has 0 aliphatic carbocycles. The summed E-state index contributed by atoms with van der Waals surface area (Å²) in [6.07, 6.45) is -0.184. The van der Waals surface area contributed by atoms with Gasteiger partial charge in [0.05, 0.1) is 46.6 Å². The van der Waals surface area contributed by atoms with Gasteiger partial charge in [-0.05, 0) is 24.3 Å². The molecule has 1 saturated heterocycles. The van der Waals surface area contributed by atoms with Crippen molar-refractivity contribution in [2.24, 2.45) is 5.92 Å². The Morgan fingerprint density at radius 1 is 0.944 bits per heavy atom. The van der Waals surface area contributed by atoms with Crippen LogP contribution in [0.3, 0.4) is 0 Å². The second-order valence-electron chi connectivity index (χ2n) is 7.61. The number of anilines is 1. The predicted molar refractivity (Wildman–Crippen MR) is 126 cm³/mol. The highest BCUT2D eigenvalue weighted by Gasteiger charge is 2.37. The van der Waals surface area contributed by atoms with Crippen molar-refractivity contribution in [2.75, 3.05) is 46.9 Å². The van der Waals surface area contributed by atoms with Crippen LogP contribution in [0.1, 0.15) is 16.8 Å². The highest BCUT2D eigenvalue weighted by atomic mass is 16.5. The summed E-state index contributed by atoms with van der Waals surface area (Å²) in [6.45, 7) is -0.682. The number of nitrogens with one attached hydrogen (secondary N) is 2. The molecular weight excluding hydrogens is 474 g/mol. The summed E-state index contributed by atoms with van der Waals surface area (Å²) in [6, 6.07) is 9.63. The van der Waals surface area contributed by atoms with E-state index < -0.39 is 36.2 Å². The Bertz CT molecular complexity index is 1130. The van der Waals surface area contributed by atoms with Crippen molar-refractivity contribution in [1.29, 1.82) is 0 Å². The Hall–Kier alpha value is -4.48. The largest absolute Gasteiger partial charge is 0.497 e. The van der Waals surface area contributed by atoms with Crippen LogP contribution in [0.25, 0.3) is 0 Å². The van der Waals surface area contributed by atoms with Crippen molar-refractivity contribution in [2.45, 2.75) is 6.42 Å². The fourth-order valence-electron chi connectivity index (χ4n) is 3.57. The number of nitrogens with zero attached hydrogens (tertiary/aromatic N) is 1. The number of amides is 3. The number of hydrogen-bond acceptors (Lipinski definition) is 9. The molecule has 2 aromatic carbocycles. The molecule has 3 rings (SSSR count). The van der Waals surface area contributed by atoms with Crippen LogP contribution in [0, 0.1) is 5.92 Å². The summed E-state index contributed by atoms with van der Waals surface area (Å²) in [5, 5.41) is 3.62. The van der Waals surface area contributed by atoms with Crippen LogP contribution >= 0.6 is 0 Å². The lowest BCUT2D eigenvalue weighted by molar-refractivity contribution is -0.151. The van der Waals surface area contributed by atoms with Gasteiger partial charge in [-0.3, -0.25) is 29.6 Å². The predicted octanol–water partition coefficient (Wildman–Crippen LogP) is 1.40. The molecule has 0 spiro atoms. The molecule has 12 heteroatoms. The summed E-state index contributed by atoms with van der Waals surface area (Å²) >= 11 is 0. The van der Waals surface area contributed by atoms with Crippen LogP contribution in [-0.4, -0.2) is 70.3 Å². The average Bonchev–Trinajstić information content (AvgIpc) is 3.26. The molecule has 0 saturated carbocycles. The average molecular weight is 501 g/mol. The molecule has 1 aliphatic heterocycles. The lowest BCUT2D eigenvalue weighted by Gasteiger charge is -2.19. The van der Waals surface area contributed by atoms with Gasteiger partial charge in [-0.1, -0.05) is 6.07 Å².